The third-order valence-electron chi connectivity index (χ3n) is 6.89. The van der Waals surface area contributed by atoms with Gasteiger partial charge in [-0.25, -0.2) is 9.50 Å². The minimum atomic E-state index is -3.07. The van der Waals surface area contributed by atoms with Gasteiger partial charge in [-0.3, -0.25) is 9.48 Å². The van der Waals surface area contributed by atoms with Crippen LogP contribution in [0.5, 0.6) is 17.2 Å². The summed E-state index contributed by atoms with van der Waals surface area (Å²) in [5, 5.41) is 11.4. The molecule has 3 aromatic heterocycles. The Balaban J connectivity index is 1.26. The smallest absolute Gasteiger partial charge is 0.387 e. The zero-order valence-corrected chi connectivity index (χ0v) is 22.7. The number of alkyl halides is 2. The molecule has 214 valence electrons. The van der Waals surface area contributed by atoms with E-state index < -0.39 is 12.5 Å². The van der Waals surface area contributed by atoms with Crippen molar-refractivity contribution < 1.29 is 23.0 Å². The first-order valence-electron chi connectivity index (χ1n) is 13.3. The fourth-order valence-electron chi connectivity index (χ4n) is 4.70. The third kappa shape index (κ3) is 5.64. The summed E-state index contributed by atoms with van der Waals surface area (Å²) >= 11 is 0. The molecule has 0 saturated carbocycles. The van der Waals surface area contributed by atoms with Crippen LogP contribution in [0, 0.1) is 0 Å². The molecule has 1 aliphatic rings. The minimum Gasteiger partial charge on any atom is -0.457 e. The van der Waals surface area contributed by atoms with Gasteiger partial charge in [0.25, 0.3) is 5.91 Å². The number of carbonyl (C=O) groups is 1. The monoisotopic (exact) mass is 571 g/mol. The molecule has 0 radical (unpaired) electrons. The molecule has 2 aromatic carbocycles. The number of aromatic nitrogens is 5. The highest BCUT2D eigenvalue weighted by Crippen LogP contribution is 2.39. The van der Waals surface area contributed by atoms with Crippen molar-refractivity contribution in [2.75, 3.05) is 18.4 Å². The van der Waals surface area contributed by atoms with Crippen molar-refractivity contribution in [1.29, 1.82) is 0 Å². The molecule has 0 aliphatic carbocycles. The fourth-order valence-corrected chi connectivity index (χ4v) is 4.70. The molecule has 0 spiro atoms. The Morgan fingerprint density at radius 2 is 1.93 bits per heavy atom. The van der Waals surface area contributed by atoms with Crippen molar-refractivity contribution in [3.05, 3.63) is 96.7 Å². The number of hydrogen-bond donors (Lipinski definition) is 1. The first-order chi connectivity index (χ1) is 20.3. The van der Waals surface area contributed by atoms with E-state index in [1.165, 1.54) is 33.9 Å². The van der Waals surface area contributed by atoms with Crippen LogP contribution in [-0.4, -0.2) is 54.9 Å². The van der Waals surface area contributed by atoms with Crippen LogP contribution < -0.4 is 14.8 Å². The van der Waals surface area contributed by atoms with Gasteiger partial charge in [-0.1, -0.05) is 18.7 Å². The van der Waals surface area contributed by atoms with Crippen molar-refractivity contribution in [2.45, 2.75) is 19.5 Å². The number of nitrogens with zero attached hydrogens (tertiary/aromatic N) is 6. The summed E-state index contributed by atoms with van der Waals surface area (Å²) in [4.78, 5) is 19.7. The van der Waals surface area contributed by atoms with Gasteiger partial charge in [0, 0.05) is 50.8 Å². The number of rotatable bonds is 10. The molecule has 1 N–H and O–H groups in total. The van der Waals surface area contributed by atoms with Crippen LogP contribution in [0.3, 0.4) is 0 Å². The number of fused-ring (bicyclic) bond motifs is 1. The second kappa shape index (κ2) is 11.3. The third-order valence-corrected chi connectivity index (χ3v) is 6.89. The Labute approximate surface area is 239 Å². The Bertz CT molecular complexity index is 1760. The Hall–Kier alpha value is -5.26. The summed E-state index contributed by atoms with van der Waals surface area (Å²) < 4.78 is 40.5. The van der Waals surface area contributed by atoms with Gasteiger partial charge in [0.1, 0.15) is 28.5 Å². The topological polar surface area (TPSA) is 98.8 Å². The lowest BCUT2D eigenvalue weighted by molar-refractivity contribution is -0.0494. The van der Waals surface area contributed by atoms with Crippen molar-refractivity contribution in [3.8, 4) is 28.5 Å². The average molecular weight is 572 g/mol. The number of aryl methyl sites for hydroxylation is 1. The summed E-state index contributed by atoms with van der Waals surface area (Å²) in [6.45, 7) is 3.20. The van der Waals surface area contributed by atoms with Gasteiger partial charge in [0.2, 0.25) is 0 Å². The van der Waals surface area contributed by atoms with E-state index in [0.717, 1.165) is 30.8 Å². The van der Waals surface area contributed by atoms with Gasteiger partial charge in [-0.2, -0.15) is 19.0 Å². The molecule has 6 rings (SSSR count). The van der Waals surface area contributed by atoms with Gasteiger partial charge >= 0.3 is 6.61 Å². The molecule has 4 heterocycles. The number of amides is 1. The number of anilines is 1. The number of hydrogen-bond acceptors (Lipinski definition) is 7. The van der Waals surface area contributed by atoms with Crippen LogP contribution in [-0.2, 0) is 13.5 Å². The van der Waals surface area contributed by atoms with E-state index in [1.54, 1.807) is 37.8 Å². The quantitative estimate of drug-likeness (QED) is 0.235. The van der Waals surface area contributed by atoms with Crippen LogP contribution in [0.2, 0.25) is 0 Å². The molecule has 10 nitrogen and oxygen atoms in total. The number of carbonyl (C=O) groups excluding carboxylic acids is 1. The first-order valence-corrected chi connectivity index (χ1v) is 13.3. The number of benzene rings is 2. The lowest BCUT2D eigenvalue weighted by atomic mass is 10.1. The highest BCUT2D eigenvalue weighted by atomic mass is 19.3. The molecule has 1 fully saturated rings. The van der Waals surface area contributed by atoms with Crippen LogP contribution in [0.1, 0.15) is 22.3 Å². The maximum absolute atomic E-state index is 13.3. The van der Waals surface area contributed by atoms with Crippen molar-refractivity contribution >= 4 is 17.2 Å². The van der Waals surface area contributed by atoms with Gasteiger partial charge in [-0.05, 0) is 48.4 Å². The van der Waals surface area contributed by atoms with Crippen molar-refractivity contribution in [1.82, 2.24) is 29.3 Å². The van der Waals surface area contributed by atoms with Gasteiger partial charge in [0.05, 0.1) is 17.4 Å². The Morgan fingerprint density at radius 3 is 2.67 bits per heavy atom. The minimum absolute atomic E-state index is 0.121. The number of ether oxygens (including phenoxy) is 2. The zero-order chi connectivity index (χ0) is 29.2. The van der Waals surface area contributed by atoms with Crippen LogP contribution >= 0.6 is 0 Å². The van der Waals surface area contributed by atoms with Crippen LogP contribution in [0.25, 0.3) is 16.9 Å². The molecule has 0 unspecified atom stereocenters. The largest absolute Gasteiger partial charge is 0.457 e. The molecule has 5 aromatic rings. The number of allylic oxidation sites excluding steroid dienone is 1. The number of likely N-dealkylation sites (tertiary alicyclic amines) is 1. The standard InChI is InChI=1S/C30H27F2N7O3/c1-19(38-12-4-13-38)15-20-5-7-21(8-6-20)41-22-9-10-26(42-30(31)32)23(16-22)27-25(18-37(2)36-27)35-29(40)24-17-34-39-14-3-11-33-28(24)39/h3,5-11,14,16-18,30H,1,4,12-13,15H2,2H3,(H,35,40). The molecule has 1 aliphatic heterocycles. The summed E-state index contributed by atoms with van der Waals surface area (Å²) in [6.07, 6.45) is 8.15. The normalized spacial score (nSPS) is 12.8. The van der Waals surface area contributed by atoms with E-state index in [4.69, 9.17) is 9.47 Å². The Morgan fingerprint density at radius 1 is 1.14 bits per heavy atom. The second-order valence-corrected chi connectivity index (χ2v) is 9.83. The number of halogens is 2. The fraction of sp³-hybridized carbons (Fsp3) is 0.200. The highest BCUT2D eigenvalue weighted by Gasteiger charge is 2.22. The SMILES string of the molecule is C=C(Cc1ccc(Oc2ccc(OC(F)F)c(-c3nn(C)cc3NC(=O)c3cnn4cccnc34)c2)cc1)N1CCC1. The molecule has 0 bridgehead atoms. The summed E-state index contributed by atoms with van der Waals surface area (Å²) in [5.74, 6) is 0.332. The lowest BCUT2D eigenvalue weighted by Crippen LogP contribution is -2.36. The van der Waals surface area contributed by atoms with E-state index >= 15 is 0 Å². The van der Waals surface area contributed by atoms with Gasteiger partial charge in [0.15, 0.2) is 5.65 Å². The lowest BCUT2D eigenvalue weighted by Gasteiger charge is -2.34. The van der Waals surface area contributed by atoms with Crippen molar-refractivity contribution in [2.24, 2.45) is 7.05 Å². The second-order valence-electron chi connectivity index (χ2n) is 9.83. The molecule has 12 heteroatoms. The highest BCUT2D eigenvalue weighted by molar-refractivity contribution is 6.09. The van der Waals surface area contributed by atoms with Gasteiger partial charge in [-0.15, -0.1) is 0 Å². The van der Waals surface area contributed by atoms with Crippen LogP contribution in [0.4, 0.5) is 14.5 Å². The average Bonchev–Trinajstić information content (AvgIpc) is 3.52. The molecule has 42 heavy (non-hydrogen) atoms. The number of nitrogens with one attached hydrogen (secondary N) is 1. The molecule has 1 saturated heterocycles. The first kappa shape index (κ1) is 26.9. The van der Waals surface area contributed by atoms with Crippen LogP contribution in [0.15, 0.2) is 85.6 Å². The van der Waals surface area contributed by atoms with E-state index in [1.807, 2.05) is 24.3 Å². The van der Waals surface area contributed by atoms with E-state index in [0.29, 0.717) is 17.1 Å². The van der Waals surface area contributed by atoms with Crippen molar-refractivity contribution in [3.63, 3.8) is 0 Å². The molecule has 1 amide bonds. The van der Waals surface area contributed by atoms with Gasteiger partial charge < -0.3 is 19.7 Å². The zero-order valence-electron chi connectivity index (χ0n) is 22.7. The summed E-state index contributed by atoms with van der Waals surface area (Å²) in [6, 6.07) is 13.8. The van der Waals surface area contributed by atoms with E-state index in [-0.39, 0.29) is 28.3 Å². The van der Waals surface area contributed by atoms with E-state index in [9.17, 15) is 13.6 Å². The summed E-state index contributed by atoms with van der Waals surface area (Å²) in [7, 11) is 1.65. The van der Waals surface area contributed by atoms with E-state index in [2.05, 4.69) is 32.0 Å². The molecular formula is C30H27F2N7O3. The molecule has 0 atom stereocenters. The molecular weight excluding hydrogens is 544 g/mol. The maximum atomic E-state index is 13.3. The summed E-state index contributed by atoms with van der Waals surface area (Å²) in [5.41, 5.74) is 3.51. The Kier molecular flexibility index (Phi) is 7.26. The predicted molar refractivity (Wildman–Crippen MR) is 152 cm³/mol. The predicted octanol–water partition coefficient (Wildman–Crippen LogP) is 5.54. The maximum Gasteiger partial charge on any atom is 0.387 e.